The van der Waals surface area contributed by atoms with E-state index in [0.29, 0.717) is 24.2 Å². The standard InChI is InChI=1S/2C22H40N2/c1-7-17(5)15-19(9-3)23-21-11-13-22(14-12-21)24-20(10-4)16-18(6)8-2;1-5-7-9-11-13-19(3)23-21-15-17-22(18-16-21)24-20(4)14-12-10-8-6-2/h11-14,17-20,23-24H,7-10,15-16H2,1-6H3;15-20,23-24H,5-14H2,1-4H3. The van der Waals surface area contributed by atoms with Gasteiger partial charge in [0, 0.05) is 46.9 Å². The van der Waals surface area contributed by atoms with E-state index in [1.165, 1.54) is 125 Å². The van der Waals surface area contributed by atoms with Crippen LogP contribution in [0.4, 0.5) is 22.7 Å². The van der Waals surface area contributed by atoms with Crippen LogP contribution in [-0.4, -0.2) is 24.2 Å². The molecule has 0 saturated carbocycles. The molecule has 4 nitrogen and oxygen atoms in total. The monoisotopic (exact) mass is 665 g/mol. The van der Waals surface area contributed by atoms with Crippen LogP contribution in [-0.2, 0) is 0 Å². The number of rotatable bonds is 26. The van der Waals surface area contributed by atoms with Gasteiger partial charge in [-0.15, -0.1) is 0 Å². The van der Waals surface area contributed by atoms with Crippen LogP contribution in [0.15, 0.2) is 48.5 Å². The minimum Gasteiger partial charge on any atom is -0.383 e. The minimum absolute atomic E-state index is 0.554. The molecule has 2 aromatic carbocycles. The van der Waals surface area contributed by atoms with Gasteiger partial charge in [0.05, 0.1) is 0 Å². The van der Waals surface area contributed by atoms with Crippen LogP contribution in [0.25, 0.3) is 0 Å². The minimum atomic E-state index is 0.554. The maximum absolute atomic E-state index is 3.70. The molecule has 6 unspecified atom stereocenters. The van der Waals surface area contributed by atoms with Gasteiger partial charge < -0.3 is 21.3 Å². The van der Waals surface area contributed by atoms with E-state index in [1.807, 2.05) is 0 Å². The lowest BCUT2D eigenvalue weighted by molar-refractivity contribution is 0.461. The lowest BCUT2D eigenvalue weighted by Gasteiger charge is -2.23. The lowest BCUT2D eigenvalue weighted by atomic mass is 9.97. The molecule has 2 rings (SSSR count). The van der Waals surface area contributed by atoms with Gasteiger partial charge in [-0.05, 0) is 113 Å². The molecule has 4 heteroatoms. The van der Waals surface area contributed by atoms with E-state index < -0.39 is 0 Å². The molecule has 0 amide bonds. The summed E-state index contributed by atoms with van der Waals surface area (Å²) >= 11 is 0. The van der Waals surface area contributed by atoms with E-state index in [1.54, 1.807) is 0 Å². The third kappa shape index (κ3) is 20.9. The molecule has 0 aliphatic rings. The molecule has 0 fully saturated rings. The zero-order chi connectivity index (χ0) is 35.6. The number of anilines is 4. The maximum Gasteiger partial charge on any atom is 0.0343 e. The van der Waals surface area contributed by atoms with E-state index in [-0.39, 0.29) is 0 Å². The summed E-state index contributed by atoms with van der Waals surface area (Å²) in [6.07, 6.45) is 20.6. The Morgan fingerprint density at radius 3 is 0.979 bits per heavy atom. The highest BCUT2D eigenvalue weighted by atomic mass is 14.9. The molecule has 48 heavy (non-hydrogen) atoms. The Balaban J connectivity index is 0.000000480. The molecular weight excluding hydrogens is 585 g/mol. The molecule has 2 aromatic rings. The first-order valence-corrected chi connectivity index (χ1v) is 20.4. The molecular formula is C44H80N4. The van der Waals surface area contributed by atoms with Crippen LogP contribution in [0.1, 0.15) is 172 Å². The number of unbranched alkanes of at least 4 members (excludes halogenated alkanes) is 6. The normalized spacial score (nSPS) is 14.9. The van der Waals surface area contributed by atoms with E-state index in [0.717, 1.165) is 11.8 Å². The van der Waals surface area contributed by atoms with Crippen molar-refractivity contribution in [1.29, 1.82) is 0 Å². The van der Waals surface area contributed by atoms with Crippen LogP contribution in [0.2, 0.25) is 0 Å². The Bertz CT molecular complexity index is 908. The van der Waals surface area contributed by atoms with Crippen molar-refractivity contribution in [2.75, 3.05) is 21.3 Å². The van der Waals surface area contributed by atoms with E-state index >= 15 is 0 Å². The number of hydrogen-bond acceptors (Lipinski definition) is 4. The van der Waals surface area contributed by atoms with Crippen LogP contribution in [0.3, 0.4) is 0 Å². The highest BCUT2D eigenvalue weighted by molar-refractivity contribution is 5.55. The van der Waals surface area contributed by atoms with E-state index in [4.69, 9.17) is 0 Å². The molecule has 0 saturated heterocycles. The Morgan fingerprint density at radius 1 is 0.396 bits per heavy atom. The molecule has 0 aliphatic carbocycles. The summed E-state index contributed by atoms with van der Waals surface area (Å²) in [6, 6.07) is 20.0. The van der Waals surface area contributed by atoms with Crippen molar-refractivity contribution in [2.24, 2.45) is 11.8 Å². The fourth-order valence-corrected chi connectivity index (χ4v) is 6.22. The number of hydrogen-bond donors (Lipinski definition) is 4. The van der Waals surface area contributed by atoms with Gasteiger partial charge in [-0.1, -0.05) is 120 Å². The smallest absolute Gasteiger partial charge is 0.0343 e. The summed E-state index contributed by atoms with van der Waals surface area (Å²) in [5.41, 5.74) is 4.95. The summed E-state index contributed by atoms with van der Waals surface area (Å²) in [6.45, 7) is 22.9. The van der Waals surface area contributed by atoms with Gasteiger partial charge in [-0.3, -0.25) is 0 Å². The van der Waals surface area contributed by atoms with Crippen molar-refractivity contribution < 1.29 is 0 Å². The lowest BCUT2D eigenvalue weighted by Crippen LogP contribution is -2.22. The van der Waals surface area contributed by atoms with E-state index in [2.05, 4.69) is 139 Å². The quantitative estimate of drug-likeness (QED) is 0.0756. The molecule has 0 aliphatic heterocycles. The van der Waals surface area contributed by atoms with Gasteiger partial charge in [0.1, 0.15) is 0 Å². The third-order valence-electron chi connectivity index (χ3n) is 10.1. The molecule has 0 bridgehead atoms. The third-order valence-corrected chi connectivity index (χ3v) is 10.1. The second kappa shape index (κ2) is 27.5. The first kappa shape index (κ1) is 43.7. The van der Waals surface area contributed by atoms with Crippen molar-refractivity contribution in [2.45, 2.75) is 196 Å². The highest BCUT2D eigenvalue weighted by Crippen LogP contribution is 2.22. The predicted molar refractivity (Wildman–Crippen MR) is 220 cm³/mol. The molecule has 0 heterocycles. The summed E-state index contributed by atoms with van der Waals surface area (Å²) in [4.78, 5) is 0. The van der Waals surface area contributed by atoms with Crippen molar-refractivity contribution in [3.8, 4) is 0 Å². The molecule has 0 aromatic heterocycles. The maximum atomic E-state index is 3.70. The van der Waals surface area contributed by atoms with Crippen LogP contribution in [0, 0.1) is 11.8 Å². The van der Waals surface area contributed by atoms with Crippen molar-refractivity contribution in [1.82, 2.24) is 0 Å². The van der Waals surface area contributed by atoms with Crippen LogP contribution >= 0.6 is 0 Å². The molecule has 0 radical (unpaired) electrons. The fraction of sp³-hybridized carbons (Fsp3) is 0.727. The summed E-state index contributed by atoms with van der Waals surface area (Å²) in [5, 5.41) is 14.6. The zero-order valence-electron chi connectivity index (χ0n) is 33.4. The molecule has 6 atom stereocenters. The Labute approximate surface area is 299 Å². The topological polar surface area (TPSA) is 48.1 Å². The first-order valence-electron chi connectivity index (χ1n) is 20.4. The predicted octanol–water partition coefficient (Wildman–Crippen LogP) is 14.2. The summed E-state index contributed by atoms with van der Waals surface area (Å²) in [5.74, 6) is 1.57. The van der Waals surface area contributed by atoms with Gasteiger partial charge in [0.25, 0.3) is 0 Å². The van der Waals surface area contributed by atoms with Gasteiger partial charge in [-0.2, -0.15) is 0 Å². The second-order valence-electron chi connectivity index (χ2n) is 14.9. The highest BCUT2D eigenvalue weighted by Gasteiger charge is 2.12. The van der Waals surface area contributed by atoms with Crippen LogP contribution in [0.5, 0.6) is 0 Å². The summed E-state index contributed by atoms with van der Waals surface area (Å²) < 4.78 is 0. The first-order chi connectivity index (χ1) is 23.2. The van der Waals surface area contributed by atoms with Gasteiger partial charge >= 0.3 is 0 Å². The van der Waals surface area contributed by atoms with E-state index in [9.17, 15) is 0 Å². The SMILES string of the molecule is CCC(C)CC(CC)Nc1ccc(NC(CC)CC(C)CC)cc1.CCCCCCC(C)Nc1ccc(NC(C)CCCCCC)cc1. The average Bonchev–Trinajstić information content (AvgIpc) is 3.09. The second-order valence-corrected chi connectivity index (χ2v) is 14.9. The van der Waals surface area contributed by atoms with Gasteiger partial charge in [0.15, 0.2) is 0 Å². The van der Waals surface area contributed by atoms with Gasteiger partial charge in [0.2, 0.25) is 0 Å². The Morgan fingerprint density at radius 2 is 0.708 bits per heavy atom. The average molecular weight is 665 g/mol. The Hall–Kier alpha value is -2.36. The molecule has 4 N–H and O–H groups in total. The summed E-state index contributed by atoms with van der Waals surface area (Å²) in [7, 11) is 0. The Kier molecular flexibility index (Phi) is 25.0. The van der Waals surface area contributed by atoms with Crippen molar-refractivity contribution in [3.63, 3.8) is 0 Å². The fourth-order valence-electron chi connectivity index (χ4n) is 6.22. The zero-order valence-corrected chi connectivity index (χ0v) is 33.4. The molecule has 0 spiro atoms. The van der Waals surface area contributed by atoms with Gasteiger partial charge in [-0.25, -0.2) is 0 Å². The van der Waals surface area contributed by atoms with Crippen LogP contribution < -0.4 is 21.3 Å². The largest absolute Gasteiger partial charge is 0.383 e. The number of benzene rings is 2. The van der Waals surface area contributed by atoms with Crippen molar-refractivity contribution >= 4 is 22.7 Å². The molecule has 276 valence electrons. The van der Waals surface area contributed by atoms with Crippen molar-refractivity contribution in [3.05, 3.63) is 48.5 Å². The number of nitrogens with one attached hydrogen (secondary N) is 4.